The lowest BCUT2D eigenvalue weighted by atomic mass is 10.3. The number of rotatable bonds is 10. The first-order valence-corrected chi connectivity index (χ1v) is 10.4. The summed E-state index contributed by atoms with van der Waals surface area (Å²) < 4.78 is 41.3. The Morgan fingerprint density at radius 3 is 1.96 bits per heavy atom. The van der Waals surface area contributed by atoms with Crippen LogP contribution in [-0.4, -0.2) is 39.6 Å². The van der Waals surface area contributed by atoms with Gasteiger partial charge in [0.25, 0.3) is 0 Å². The van der Waals surface area contributed by atoms with Gasteiger partial charge in [0, 0.05) is 6.92 Å². The lowest BCUT2D eigenvalue weighted by Crippen LogP contribution is -2.25. The van der Waals surface area contributed by atoms with E-state index in [-0.39, 0.29) is 22.3 Å². The molecule has 0 spiro atoms. The number of ether oxygens (including phenoxy) is 3. The van der Waals surface area contributed by atoms with Crippen LogP contribution in [0.3, 0.4) is 0 Å². The molecule has 150 valence electrons. The maximum absolute atomic E-state index is 12.7. The average molecular weight is 425 g/mol. The molecule has 0 aliphatic carbocycles. The molecule has 8 heteroatoms. The van der Waals surface area contributed by atoms with E-state index in [4.69, 9.17) is 25.8 Å². The maximum atomic E-state index is 12.7. The molecule has 0 aliphatic heterocycles. The molecule has 0 N–H and O–H groups in total. The number of hydrogen-bond donors (Lipinski definition) is 0. The van der Waals surface area contributed by atoms with Gasteiger partial charge in [0.1, 0.15) is 24.2 Å². The van der Waals surface area contributed by atoms with E-state index in [1.807, 2.05) is 0 Å². The number of halogens is 1. The Balaban J connectivity index is 2.05. The Hall–Kier alpha value is -2.25. The molecule has 0 aromatic heterocycles. The highest BCUT2D eigenvalue weighted by Crippen LogP contribution is 2.25. The summed E-state index contributed by atoms with van der Waals surface area (Å²) >= 11 is 5.72. The molecule has 0 fully saturated rings. The maximum Gasteiger partial charge on any atom is 0.303 e. The Kier molecular flexibility index (Phi) is 8.14. The number of benzene rings is 2. The second-order valence-electron chi connectivity index (χ2n) is 5.74. The second kappa shape index (κ2) is 10.3. The van der Waals surface area contributed by atoms with Crippen molar-refractivity contribution in [1.82, 2.24) is 0 Å². The van der Waals surface area contributed by atoms with E-state index in [0.29, 0.717) is 18.1 Å². The zero-order valence-electron chi connectivity index (χ0n) is 15.3. The fourth-order valence-corrected chi connectivity index (χ4v) is 3.67. The molecule has 0 heterocycles. The average Bonchev–Trinajstić information content (AvgIpc) is 2.70. The minimum absolute atomic E-state index is 0.0708. The Bertz CT molecular complexity index is 863. The van der Waals surface area contributed by atoms with E-state index in [2.05, 4.69) is 6.92 Å². The monoisotopic (exact) mass is 424 g/mol. The topological polar surface area (TPSA) is 78.9 Å². The summed E-state index contributed by atoms with van der Waals surface area (Å²) in [5, 5.41) is 0. The fourth-order valence-electron chi connectivity index (χ4n) is 2.26. The van der Waals surface area contributed by atoms with Crippen LogP contribution in [0.25, 0.3) is 0 Å². The first kappa shape index (κ1) is 22.0. The SMILES string of the molecule is [CH2][CH]COc1ccc(S(=O)(=O)c2ccc(OC[C@@H](CCl)OC(C)=O)cc2)cc1. The van der Waals surface area contributed by atoms with E-state index < -0.39 is 21.9 Å². The molecule has 6 nitrogen and oxygen atoms in total. The Morgan fingerprint density at radius 2 is 1.54 bits per heavy atom. The highest BCUT2D eigenvalue weighted by molar-refractivity contribution is 7.91. The summed E-state index contributed by atoms with van der Waals surface area (Å²) in [5.74, 6) is 0.647. The van der Waals surface area contributed by atoms with Crippen LogP contribution in [0.5, 0.6) is 11.5 Å². The quantitative estimate of drug-likeness (QED) is 0.429. The normalized spacial score (nSPS) is 12.2. The first-order valence-electron chi connectivity index (χ1n) is 8.41. The molecule has 2 aromatic rings. The molecule has 0 amide bonds. The highest BCUT2D eigenvalue weighted by atomic mass is 35.5. The number of hydrogen-bond acceptors (Lipinski definition) is 6. The zero-order chi connectivity index (χ0) is 20.6. The van der Waals surface area contributed by atoms with Crippen molar-refractivity contribution in [2.24, 2.45) is 0 Å². The van der Waals surface area contributed by atoms with Gasteiger partial charge in [-0.2, -0.15) is 0 Å². The third kappa shape index (κ3) is 6.14. The molecule has 2 rings (SSSR count). The molecule has 0 bridgehead atoms. The van der Waals surface area contributed by atoms with Crippen molar-refractivity contribution in [3.63, 3.8) is 0 Å². The summed E-state index contributed by atoms with van der Waals surface area (Å²) in [6.45, 7) is 5.26. The van der Waals surface area contributed by atoms with E-state index in [0.717, 1.165) is 0 Å². The lowest BCUT2D eigenvalue weighted by molar-refractivity contribution is -0.146. The van der Waals surface area contributed by atoms with Gasteiger partial charge in [-0.3, -0.25) is 4.79 Å². The van der Waals surface area contributed by atoms with Gasteiger partial charge < -0.3 is 14.2 Å². The molecule has 0 saturated carbocycles. The number of carbonyl (C=O) groups is 1. The Labute approximate surface area is 170 Å². The third-order valence-corrected chi connectivity index (χ3v) is 5.71. The third-order valence-electron chi connectivity index (χ3n) is 3.58. The van der Waals surface area contributed by atoms with Gasteiger partial charge in [-0.05, 0) is 61.9 Å². The van der Waals surface area contributed by atoms with Crippen molar-refractivity contribution < 1.29 is 27.4 Å². The molecular weight excluding hydrogens is 404 g/mol. The van der Waals surface area contributed by atoms with Crippen molar-refractivity contribution in [1.29, 1.82) is 0 Å². The summed E-state index contributed by atoms with van der Waals surface area (Å²) in [6, 6.07) is 12.1. The van der Waals surface area contributed by atoms with E-state index in [9.17, 15) is 13.2 Å². The smallest absolute Gasteiger partial charge is 0.303 e. The Morgan fingerprint density at radius 1 is 1.04 bits per heavy atom. The number of esters is 1. The van der Waals surface area contributed by atoms with Gasteiger partial charge in [-0.1, -0.05) is 0 Å². The van der Waals surface area contributed by atoms with Crippen LogP contribution >= 0.6 is 11.6 Å². The molecule has 0 aliphatic rings. The van der Waals surface area contributed by atoms with E-state index in [1.54, 1.807) is 18.6 Å². The van der Waals surface area contributed by atoms with Crippen molar-refractivity contribution in [2.75, 3.05) is 19.1 Å². The van der Waals surface area contributed by atoms with Crippen molar-refractivity contribution in [3.8, 4) is 11.5 Å². The number of alkyl halides is 1. The van der Waals surface area contributed by atoms with Crippen molar-refractivity contribution >= 4 is 27.4 Å². The molecule has 28 heavy (non-hydrogen) atoms. The van der Waals surface area contributed by atoms with Gasteiger partial charge >= 0.3 is 5.97 Å². The number of carbonyl (C=O) groups excluding carboxylic acids is 1. The summed E-state index contributed by atoms with van der Waals surface area (Å²) in [6.07, 6.45) is 1.03. The predicted molar refractivity (Wildman–Crippen MR) is 105 cm³/mol. The molecule has 0 unspecified atom stereocenters. The molecule has 2 aromatic carbocycles. The fraction of sp³-hybridized carbons (Fsp3) is 0.250. The van der Waals surface area contributed by atoms with Crippen molar-refractivity contribution in [2.45, 2.75) is 22.8 Å². The van der Waals surface area contributed by atoms with Crippen LogP contribution in [0.1, 0.15) is 6.92 Å². The van der Waals surface area contributed by atoms with Crippen molar-refractivity contribution in [3.05, 3.63) is 61.9 Å². The van der Waals surface area contributed by atoms with Gasteiger partial charge in [0.15, 0.2) is 0 Å². The zero-order valence-corrected chi connectivity index (χ0v) is 16.9. The van der Waals surface area contributed by atoms with Crippen LogP contribution in [0.2, 0.25) is 0 Å². The van der Waals surface area contributed by atoms with Crippen LogP contribution in [-0.2, 0) is 19.4 Å². The minimum atomic E-state index is -3.67. The van der Waals surface area contributed by atoms with Gasteiger partial charge in [-0.15, -0.1) is 11.6 Å². The molecular formula is C20H21ClO6S. The number of sulfone groups is 1. The van der Waals surface area contributed by atoms with Crippen LogP contribution < -0.4 is 9.47 Å². The molecule has 2 radical (unpaired) electrons. The van der Waals surface area contributed by atoms with Gasteiger partial charge in [-0.25, -0.2) is 8.42 Å². The van der Waals surface area contributed by atoms with E-state index >= 15 is 0 Å². The minimum Gasteiger partial charge on any atom is -0.493 e. The van der Waals surface area contributed by atoms with Crippen LogP contribution in [0, 0.1) is 13.3 Å². The van der Waals surface area contributed by atoms with Crippen LogP contribution in [0.15, 0.2) is 58.3 Å². The summed E-state index contributed by atoms with van der Waals surface area (Å²) in [5.41, 5.74) is 0. The van der Waals surface area contributed by atoms with E-state index in [1.165, 1.54) is 43.3 Å². The highest BCUT2D eigenvalue weighted by Gasteiger charge is 2.18. The second-order valence-corrected chi connectivity index (χ2v) is 8.00. The van der Waals surface area contributed by atoms with Crippen LogP contribution in [0.4, 0.5) is 0 Å². The van der Waals surface area contributed by atoms with Gasteiger partial charge in [0.05, 0.1) is 22.3 Å². The standard InChI is InChI=1S/C20H21ClO6S/c1-3-12-25-16-4-8-19(9-5-16)28(23,24)20-10-6-17(7-11-20)26-14-18(13-21)27-15(2)22/h3-11,18H,1,12-14H2,2H3/t18-/m1/s1. The largest absolute Gasteiger partial charge is 0.493 e. The molecule has 0 saturated heterocycles. The van der Waals surface area contributed by atoms with Gasteiger partial charge in [0.2, 0.25) is 9.84 Å². The molecule has 1 atom stereocenters. The predicted octanol–water partition coefficient (Wildman–Crippen LogP) is 3.49. The summed E-state index contributed by atoms with van der Waals surface area (Å²) in [7, 11) is -3.67. The summed E-state index contributed by atoms with van der Waals surface area (Å²) in [4.78, 5) is 11.3. The first-order chi connectivity index (χ1) is 13.4. The lowest BCUT2D eigenvalue weighted by Gasteiger charge is -2.15.